The number of carbonyl (C=O) groups is 2. The zero-order valence-corrected chi connectivity index (χ0v) is 23.0. The Balaban J connectivity index is 2.22. The molecule has 0 aliphatic heterocycles. The van der Waals surface area contributed by atoms with Crippen LogP contribution in [0.5, 0.6) is 0 Å². The third kappa shape index (κ3) is 8.20. The lowest BCUT2D eigenvalue weighted by Crippen LogP contribution is -2.49. The molecule has 7 nitrogen and oxygen atoms in total. The summed E-state index contributed by atoms with van der Waals surface area (Å²) < 4.78 is 40.6. The maximum atomic E-state index is 14.4. The van der Waals surface area contributed by atoms with Crippen LogP contribution in [0, 0.1) is 12.7 Å². The molecule has 0 unspecified atom stereocenters. The van der Waals surface area contributed by atoms with Crippen molar-refractivity contribution in [2.24, 2.45) is 0 Å². The molecule has 0 fully saturated rings. The number of hydrogen-bond acceptors (Lipinski definition) is 4. The van der Waals surface area contributed by atoms with Crippen LogP contribution in [0.1, 0.15) is 51.2 Å². The molecule has 0 aliphatic carbocycles. The molecular weight excluding hydrogens is 505 g/mol. The van der Waals surface area contributed by atoms with Crippen LogP contribution in [0.25, 0.3) is 0 Å². The van der Waals surface area contributed by atoms with Gasteiger partial charge in [0, 0.05) is 36.1 Å². The van der Waals surface area contributed by atoms with Crippen molar-refractivity contribution in [3.05, 3.63) is 64.4 Å². The van der Waals surface area contributed by atoms with Crippen LogP contribution < -0.4 is 9.62 Å². The Morgan fingerprint density at radius 1 is 1.14 bits per heavy atom. The fourth-order valence-electron chi connectivity index (χ4n) is 3.69. The lowest BCUT2D eigenvalue weighted by Gasteiger charge is -2.30. The van der Waals surface area contributed by atoms with Gasteiger partial charge in [0.2, 0.25) is 21.8 Å². The lowest BCUT2D eigenvalue weighted by molar-refractivity contribution is -0.141. The molecule has 2 amide bonds. The maximum Gasteiger partial charge on any atom is 0.242 e. The summed E-state index contributed by atoms with van der Waals surface area (Å²) in [4.78, 5) is 27.4. The summed E-state index contributed by atoms with van der Waals surface area (Å²) in [5.41, 5.74) is 1.47. The zero-order chi connectivity index (χ0) is 27.0. The maximum absolute atomic E-state index is 14.4. The van der Waals surface area contributed by atoms with Gasteiger partial charge >= 0.3 is 0 Å². The van der Waals surface area contributed by atoms with E-state index < -0.39 is 21.9 Å². The molecular formula is C26H35ClFN3O4S. The first-order valence-corrected chi connectivity index (χ1v) is 14.1. The number of nitrogens with one attached hydrogen (secondary N) is 1. The zero-order valence-electron chi connectivity index (χ0n) is 21.4. The first kappa shape index (κ1) is 29.6. The molecule has 0 bridgehead atoms. The number of rotatable bonds is 12. The average Bonchev–Trinajstić information content (AvgIpc) is 2.81. The highest BCUT2D eigenvalue weighted by Crippen LogP contribution is 2.27. The molecule has 2 aromatic carbocycles. The molecule has 0 spiro atoms. The van der Waals surface area contributed by atoms with Crippen LogP contribution in [0.4, 0.5) is 10.1 Å². The Kier molecular flexibility index (Phi) is 10.7. The van der Waals surface area contributed by atoms with E-state index in [9.17, 15) is 22.4 Å². The third-order valence-electron chi connectivity index (χ3n) is 6.06. The van der Waals surface area contributed by atoms with Gasteiger partial charge in [-0.25, -0.2) is 12.8 Å². The number of carbonyl (C=O) groups excluding carboxylic acids is 2. The Morgan fingerprint density at radius 2 is 1.81 bits per heavy atom. The minimum Gasteiger partial charge on any atom is -0.352 e. The van der Waals surface area contributed by atoms with Gasteiger partial charge in [0.1, 0.15) is 11.9 Å². The number of nitrogens with zero attached hydrogens (tertiary/aromatic N) is 2. The lowest BCUT2D eigenvalue weighted by atomic mass is 10.1. The van der Waals surface area contributed by atoms with Crippen molar-refractivity contribution in [2.75, 3.05) is 17.1 Å². The molecule has 2 rings (SSSR count). The third-order valence-corrected chi connectivity index (χ3v) is 7.47. The predicted octanol–water partition coefficient (Wildman–Crippen LogP) is 4.67. The van der Waals surface area contributed by atoms with E-state index in [0.29, 0.717) is 16.3 Å². The van der Waals surface area contributed by atoms with Crippen LogP contribution in [-0.2, 0) is 26.2 Å². The van der Waals surface area contributed by atoms with E-state index in [1.807, 2.05) is 13.8 Å². The molecule has 0 aromatic heterocycles. The van der Waals surface area contributed by atoms with Gasteiger partial charge in [-0.05, 0) is 57.4 Å². The van der Waals surface area contributed by atoms with Gasteiger partial charge in [-0.2, -0.15) is 0 Å². The number of sulfonamides is 1. The normalized spacial score (nSPS) is 13.1. The second-order valence-corrected chi connectivity index (χ2v) is 11.3. The van der Waals surface area contributed by atoms with Gasteiger partial charge < -0.3 is 10.2 Å². The molecule has 0 saturated heterocycles. The highest BCUT2D eigenvalue weighted by Gasteiger charge is 2.28. The van der Waals surface area contributed by atoms with Crippen molar-refractivity contribution < 1.29 is 22.4 Å². The molecule has 2 aromatic rings. The van der Waals surface area contributed by atoms with E-state index in [4.69, 9.17) is 11.6 Å². The van der Waals surface area contributed by atoms with Crippen molar-refractivity contribution in [1.82, 2.24) is 10.2 Å². The predicted molar refractivity (Wildman–Crippen MR) is 142 cm³/mol. The Morgan fingerprint density at radius 3 is 2.42 bits per heavy atom. The molecule has 10 heteroatoms. The SMILES string of the molecule is CC[C@H](C)NC(=O)[C@@H](C)N(Cc1ccccc1F)C(=O)CCCN(c1cc(Cl)ccc1C)S(C)(=O)=O. The Labute approximate surface area is 218 Å². The van der Waals surface area contributed by atoms with Gasteiger partial charge in [-0.3, -0.25) is 13.9 Å². The quantitative estimate of drug-likeness (QED) is 0.425. The van der Waals surface area contributed by atoms with Gasteiger partial charge in [0.25, 0.3) is 0 Å². The van der Waals surface area contributed by atoms with E-state index >= 15 is 0 Å². The van der Waals surface area contributed by atoms with Crippen LogP contribution in [0.15, 0.2) is 42.5 Å². The second kappa shape index (κ2) is 13.1. The minimum absolute atomic E-state index is 0.0267. The summed E-state index contributed by atoms with van der Waals surface area (Å²) in [5, 5.41) is 3.27. The second-order valence-electron chi connectivity index (χ2n) is 8.98. The number of benzene rings is 2. The van der Waals surface area contributed by atoms with Gasteiger partial charge in [-0.15, -0.1) is 0 Å². The highest BCUT2D eigenvalue weighted by molar-refractivity contribution is 7.92. The Hall–Kier alpha value is -2.65. The number of anilines is 1. The fraction of sp³-hybridized carbons (Fsp3) is 0.462. The number of amides is 2. The smallest absolute Gasteiger partial charge is 0.242 e. The van der Waals surface area contributed by atoms with Crippen molar-refractivity contribution in [2.45, 2.75) is 65.6 Å². The molecule has 36 heavy (non-hydrogen) atoms. The summed E-state index contributed by atoms with van der Waals surface area (Å²) in [6, 6.07) is 10.2. The molecule has 2 atom stereocenters. The largest absolute Gasteiger partial charge is 0.352 e. The summed E-state index contributed by atoms with van der Waals surface area (Å²) >= 11 is 6.09. The van der Waals surface area contributed by atoms with Crippen molar-refractivity contribution in [3.8, 4) is 0 Å². The first-order chi connectivity index (χ1) is 16.8. The van der Waals surface area contributed by atoms with Crippen LogP contribution in [0.2, 0.25) is 5.02 Å². The number of hydrogen-bond donors (Lipinski definition) is 1. The average molecular weight is 540 g/mol. The first-order valence-electron chi connectivity index (χ1n) is 11.9. The molecule has 0 aliphatic rings. The van der Waals surface area contributed by atoms with Gasteiger partial charge in [0.05, 0.1) is 11.9 Å². The van der Waals surface area contributed by atoms with Gasteiger partial charge in [0.15, 0.2) is 0 Å². The van der Waals surface area contributed by atoms with Crippen LogP contribution in [-0.4, -0.2) is 50.0 Å². The van der Waals surface area contributed by atoms with Crippen LogP contribution in [0.3, 0.4) is 0 Å². The number of halogens is 2. The van der Waals surface area contributed by atoms with E-state index in [0.717, 1.165) is 18.2 Å². The monoisotopic (exact) mass is 539 g/mol. The highest BCUT2D eigenvalue weighted by atomic mass is 35.5. The Bertz CT molecular complexity index is 1180. The van der Waals surface area contributed by atoms with Crippen molar-refractivity contribution in [1.29, 1.82) is 0 Å². The summed E-state index contributed by atoms with van der Waals surface area (Å²) in [7, 11) is -3.64. The van der Waals surface area contributed by atoms with Crippen molar-refractivity contribution in [3.63, 3.8) is 0 Å². The molecule has 0 saturated carbocycles. The molecule has 0 radical (unpaired) electrons. The van der Waals surface area contributed by atoms with Crippen molar-refractivity contribution >= 4 is 39.1 Å². The van der Waals surface area contributed by atoms with E-state index in [1.54, 1.807) is 50.2 Å². The van der Waals surface area contributed by atoms with Gasteiger partial charge in [-0.1, -0.05) is 42.8 Å². The fourth-order valence-corrected chi connectivity index (χ4v) is 4.87. The standard InChI is InChI=1S/C26H35ClFN3O4S/c1-6-19(3)29-26(33)20(4)30(17-21-10-7-8-11-23(21)28)25(32)12-9-15-31(36(5,34)35)24-16-22(27)14-13-18(24)2/h7-8,10-11,13-14,16,19-20H,6,9,12,15,17H2,1-5H3,(H,29,33)/t19-,20+/m0/s1. The number of aryl methyl sites for hydroxylation is 1. The molecule has 198 valence electrons. The summed E-state index contributed by atoms with van der Waals surface area (Å²) in [6.07, 6.45) is 2.00. The summed E-state index contributed by atoms with van der Waals surface area (Å²) in [6.45, 7) is 7.16. The topological polar surface area (TPSA) is 86.8 Å². The minimum atomic E-state index is -3.64. The molecule has 0 heterocycles. The summed E-state index contributed by atoms with van der Waals surface area (Å²) in [5.74, 6) is -1.17. The van der Waals surface area contributed by atoms with Crippen LogP contribution >= 0.6 is 11.6 Å². The van der Waals surface area contributed by atoms with E-state index in [1.165, 1.54) is 15.3 Å². The molecule has 1 N–H and O–H groups in total. The van der Waals surface area contributed by atoms with E-state index in [-0.39, 0.29) is 43.8 Å². The van der Waals surface area contributed by atoms with E-state index in [2.05, 4.69) is 5.32 Å².